The number of allylic oxidation sites excluding steroid dienone is 1. The van der Waals surface area contributed by atoms with E-state index in [1.165, 1.54) is 20.4 Å². The first-order chi connectivity index (χ1) is 11.8. The molecule has 0 aliphatic rings. The van der Waals surface area contributed by atoms with Gasteiger partial charge >= 0.3 is 13.7 Å². The summed E-state index contributed by atoms with van der Waals surface area (Å²) < 4.78 is 22.8. The van der Waals surface area contributed by atoms with Crippen molar-refractivity contribution in [3.63, 3.8) is 0 Å². The van der Waals surface area contributed by atoms with Crippen LogP contribution in [0.2, 0.25) is 0 Å². The normalized spacial score (nSPS) is 15.3. The van der Waals surface area contributed by atoms with E-state index in [9.17, 15) is 14.3 Å². The van der Waals surface area contributed by atoms with Crippen LogP contribution in [0.4, 0.5) is 5.82 Å². The second-order valence-electron chi connectivity index (χ2n) is 4.99. The van der Waals surface area contributed by atoms with Gasteiger partial charge in [-0.2, -0.15) is 0 Å². The fourth-order valence-corrected chi connectivity index (χ4v) is 2.90. The van der Waals surface area contributed by atoms with Crippen LogP contribution in [-0.2, 0) is 25.2 Å². The molecule has 2 unspecified atom stereocenters. The lowest BCUT2D eigenvalue weighted by molar-refractivity contribution is -0.142. The van der Waals surface area contributed by atoms with Gasteiger partial charge in [0.2, 0.25) is 0 Å². The summed E-state index contributed by atoms with van der Waals surface area (Å²) in [6.07, 6.45) is 6.18. The minimum atomic E-state index is -4.12. The van der Waals surface area contributed by atoms with Crippen molar-refractivity contribution in [2.75, 3.05) is 19.5 Å². The van der Waals surface area contributed by atoms with E-state index in [1.807, 2.05) is 0 Å². The van der Waals surface area contributed by atoms with Gasteiger partial charge < -0.3 is 19.9 Å². The monoisotopic (exact) mass is 370 g/mol. The van der Waals surface area contributed by atoms with Gasteiger partial charge in [0, 0.05) is 6.54 Å². The van der Waals surface area contributed by atoms with Gasteiger partial charge in [-0.05, 0) is 6.92 Å². The third-order valence-corrected chi connectivity index (χ3v) is 4.37. The van der Waals surface area contributed by atoms with Gasteiger partial charge in [-0.25, -0.2) is 24.6 Å². The van der Waals surface area contributed by atoms with Gasteiger partial charge in [0.05, 0.1) is 20.0 Å². The van der Waals surface area contributed by atoms with E-state index < -0.39 is 19.8 Å². The number of anilines is 1. The molecule has 2 aromatic heterocycles. The fourth-order valence-electron chi connectivity index (χ4n) is 1.94. The third-order valence-electron chi connectivity index (χ3n) is 3.16. The molecule has 2 rings (SSSR count). The molecule has 2 heterocycles. The van der Waals surface area contributed by atoms with Crippen LogP contribution in [0.3, 0.4) is 0 Å². The predicted molar refractivity (Wildman–Crippen MR) is 89.3 cm³/mol. The minimum absolute atomic E-state index is 0.127. The molecule has 0 aromatic carbocycles. The van der Waals surface area contributed by atoms with Gasteiger partial charge in [-0.1, -0.05) is 12.2 Å². The Morgan fingerprint density at radius 3 is 2.96 bits per heavy atom. The van der Waals surface area contributed by atoms with Gasteiger partial charge in [0.25, 0.3) is 0 Å². The largest absolute Gasteiger partial charge is 0.468 e. The molecule has 11 nitrogen and oxygen atoms in total. The molecule has 0 aliphatic carbocycles. The highest BCUT2D eigenvalue weighted by Gasteiger charge is 2.25. The zero-order chi connectivity index (χ0) is 18.4. The molecule has 4 N–H and O–H groups in total. The number of nitrogens with one attached hydrogen (secondary N) is 1. The summed E-state index contributed by atoms with van der Waals surface area (Å²) in [7, 11) is -2.93. The number of imidazole rings is 1. The number of ether oxygens (including phenoxy) is 1. The quantitative estimate of drug-likeness (QED) is 0.334. The predicted octanol–water partition coefficient (Wildman–Crippen LogP) is 0.233. The molecular weight excluding hydrogens is 351 g/mol. The Morgan fingerprint density at radius 2 is 2.24 bits per heavy atom. The Hall–Kier alpha value is -2.33. The van der Waals surface area contributed by atoms with Crippen molar-refractivity contribution in [3.8, 4) is 0 Å². The lowest BCUT2D eigenvalue weighted by Crippen LogP contribution is -2.33. The first-order valence-electron chi connectivity index (χ1n) is 7.23. The van der Waals surface area contributed by atoms with Crippen molar-refractivity contribution in [2.24, 2.45) is 0 Å². The summed E-state index contributed by atoms with van der Waals surface area (Å²) in [5, 5.41) is 2.18. The smallest absolute Gasteiger partial charge is 0.403 e. The van der Waals surface area contributed by atoms with Crippen molar-refractivity contribution >= 4 is 30.7 Å². The summed E-state index contributed by atoms with van der Waals surface area (Å²) in [6.45, 7) is 1.68. The maximum Gasteiger partial charge on any atom is 0.403 e. The number of nitrogens with zero attached hydrogens (tertiary/aromatic N) is 4. The Morgan fingerprint density at radius 1 is 1.48 bits per heavy atom. The number of rotatable bonds is 8. The van der Waals surface area contributed by atoms with Crippen LogP contribution in [-0.4, -0.2) is 50.1 Å². The van der Waals surface area contributed by atoms with E-state index >= 15 is 0 Å². The maximum absolute atomic E-state index is 11.8. The first kappa shape index (κ1) is 19.0. The molecule has 0 saturated carbocycles. The van der Waals surface area contributed by atoms with Crippen LogP contribution < -0.4 is 10.8 Å². The molecule has 12 heteroatoms. The van der Waals surface area contributed by atoms with Crippen LogP contribution in [0.25, 0.3) is 11.2 Å². The molecular formula is C13H19N6O5P. The zero-order valence-corrected chi connectivity index (χ0v) is 14.6. The number of nitrogens with two attached hydrogens (primary N) is 1. The summed E-state index contributed by atoms with van der Waals surface area (Å²) >= 11 is 0. The van der Waals surface area contributed by atoms with Crippen molar-refractivity contribution in [1.29, 1.82) is 0 Å². The summed E-state index contributed by atoms with van der Waals surface area (Å²) in [5.74, 6) is -0.371. The number of hydrogen-bond donors (Lipinski definition) is 3. The fraction of sp³-hybridized carbons (Fsp3) is 0.385. The Labute approximate surface area is 143 Å². The highest BCUT2D eigenvalue weighted by atomic mass is 31.2. The van der Waals surface area contributed by atoms with E-state index in [4.69, 9.17) is 10.3 Å². The van der Waals surface area contributed by atoms with E-state index in [0.717, 1.165) is 0 Å². The summed E-state index contributed by atoms with van der Waals surface area (Å²) in [4.78, 5) is 32.9. The van der Waals surface area contributed by atoms with E-state index in [2.05, 4.69) is 24.8 Å². The van der Waals surface area contributed by atoms with Gasteiger partial charge in [0.15, 0.2) is 11.5 Å². The summed E-state index contributed by atoms with van der Waals surface area (Å²) in [5.41, 5.74) is 6.79. The van der Waals surface area contributed by atoms with E-state index in [1.54, 1.807) is 23.0 Å². The van der Waals surface area contributed by atoms with Crippen LogP contribution in [0.15, 0.2) is 24.8 Å². The SMILES string of the molecule is COC(=O)C(C)NP(=O)(O)OC/C=C\Cn1cnc2c(N)ncnc21. The number of aromatic nitrogens is 4. The second-order valence-corrected chi connectivity index (χ2v) is 6.55. The standard InChI is InChI=1S/C13H19N6O5P/c1-9(13(20)23-2)18-25(21,22)24-6-4-3-5-19-8-17-10-11(14)15-7-16-12(10)19/h3-4,7-9H,5-6H2,1-2H3,(H2,14,15,16)(H2,18,21,22)/b4-3-. The molecule has 0 saturated heterocycles. The van der Waals surface area contributed by atoms with Crippen molar-refractivity contribution in [2.45, 2.75) is 19.5 Å². The first-order valence-corrected chi connectivity index (χ1v) is 8.81. The molecule has 2 atom stereocenters. The molecule has 0 spiro atoms. The molecule has 2 aromatic rings. The molecule has 0 radical (unpaired) electrons. The van der Waals surface area contributed by atoms with Crippen molar-refractivity contribution in [1.82, 2.24) is 24.6 Å². The number of hydrogen-bond acceptors (Lipinski definition) is 8. The number of carbonyl (C=O) groups is 1. The van der Waals surface area contributed by atoms with Gasteiger partial charge in [0.1, 0.15) is 17.9 Å². The summed E-state index contributed by atoms with van der Waals surface area (Å²) in [6, 6.07) is -0.965. The number of nitrogen functional groups attached to an aromatic ring is 1. The van der Waals surface area contributed by atoms with Crippen LogP contribution in [0.1, 0.15) is 6.92 Å². The van der Waals surface area contributed by atoms with E-state index in [0.29, 0.717) is 23.5 Å². The lowest BCUT2D eigenvalue weighted by atomic mass is 10.4. The second kappa shape index (κ2) is 8.17. The minimum Gasteiger partial charge on any atom is -0.468 e. The Kier molecular flexibility index (Phi) is 6.21. The zero-order valence-electron chi connectivity index (χ0n) is 13.7. The lowest BCUT2D eigenvalue weighted by Gasteiger charge is -2.16. The number of methoxy groups -OCH3 is 1. The van der Waals surface area contributed by atoms with Crippen molar-refractivity contribution < 1.29 is 23.5 Å². The molecule has 0 amide bonds. The van der Waals surface area contributed by atoms with E-state index in [-0.39, 0.29) is 6.61 Å². The highest BCUT2D eigenvalue weighted by Crippen LogP contribution is 2.37. The van der Waals surface area contributed by atoms with Crippen LogP contribution in [0, 0.1) is 0 Å². The average molecular weight is 370 g/mol. The molecule has 136 valence electrons. The highest BCUT2D eigenvalue weighted by molar-refractivity contribution is 7.50. The molecule has 0 fully saturated rings. The van der Waals surface area contributed by atoms with Gasteiger partial charge in [-0.3, -0.25) is 9.32 Å². The number of carbonyl (C=O) groups excluding carboxylic acids is 1. The number of esters is 1. The Balaban J connectivity index is 1.86. The third kappa shape index (κ3) is 5.07. The Bertz CT molecular complexity index is 822. The van der Waals surface area contributed by atoms with Crippen LogP contribution >= 0.6 is 7.75 Å². The van der Waals surface area contributed by atoms with Crippen LogP contribution in [0.5, 0.6) is 0 Å². The topological polar surface area (TPSA) is 154 Å². The molecule has 0 bridgehead atoms. The molecule has 0 aliphatic heterocycles. The average Bonchev–Trinajstić information content (AvgIpc) is 2.98. The molecule has 25 heavy (non-hydrogen) atoms. The maximum atomic E-state index is 11.8. The number of fused-ring (bicyclic) bond motifs is 1. The van der Waals surface area contributed by atoms with Gasteiger partial charge in [-0.15, -0.1) is 0 Å². The van der Waals surface area contributed by atoms with Crippen molar-refractivity contribution in [3.05, 3.63) is 24.8 Å².